The highest BCUT2D eigenvalue weighted by Crippen LogP contribution is 2.26. The smallest absolute Gasteiger partial charge is 0.340 e. The number of nitrogen functional groups attached to an aromatic ring is 1. The zero-order chi connectivity index (χ0) is 14.6. The van der Waals surface area contributed by atoms with E-state index in [1.54, 1.807) is 7.11 Å². The van der Waals surface area contributed by atoms with Gasteiger partial charge >= 0.3 is 5.97 Å². The van der Waals surface area contributed by atoms with Crippen molar-refractivity contribution in [3.05, 3.63) is 23.5 Å². The number of nitrogens with two attached hydrogens (primary N) is 1. The molecule has 5 nitrogen and oxygen atoms in total. The number of carboxylic acids is 1. The average Bonchev–Trinajstić information content (AvgIpc) is 2.32. The third-order valence-corrected chi connectivity index (χ3v) is 2.90. The summed E-state index contributed by atoms with van der Waals surface area (Å²) >= 11 is 0. The SMILES string of the molecule is COCC(Nc1ccc(F)c(N)c1C(=O)O)C(C)C. The van der Waals surface area contributed by atoms with Crippen molar-refractivity contribution in [2.24, 2.45) is 5.92 Å². The van der Waals surface area contributed by atoms with Crippen LogP contribution in [0.15, 0.2) is 12.1 Å². The van der Waals surface area contributed by atoms with Gasteiger partial charge in [0.1, 0.15) is 11.4 Å². The molecule has 0 fully saturated rings. The molecular weight excluding hydrogens is 251 g/mol. The molecule has 0 spiro atoms. The van der Waals surface area contributed by atoms with Crippen molar-refractivity contribution in [3.8, 4) is 0 Å². The topological polar surface area (TPSA) is 84.6 Å². The van der Waals surface area contributed by atoms with E-state index in [4.69, 9.17) is 15.6 Å². The first-order valence-electron chi connectivity index (χ1n) is 5.95. The van der Waals surface area contributed by atoms with Crippen LogP contribution in [0.2, 0.25) is 0 Å². The maximum absolute atomic E-state index is 13.3. The predicted octanol–water partition coefficient (Wildman–Crippen LogP) is 2.19. The number of benzene rings is 1. The Morgan fingerprint density at radius 1 is 1.53 bits per heavy atom. The van der Waals surface area contributed by atoms with E-state index in [1.165, 1.54) is 6.07 Å². The van der Waals surface area contributed by atoms with Gasteiger partial charge in [-0.05, 0) is 18.1 Å². The fraction of sp³-hybridized carbons (Fsp3) is 0.462. The molecule has 0 heterocycles. The number of aromatic carboxylic acids is 1. The summed E-state index contributed by atoms with van der Waals surface area (Å²) in [4.78, 5) is 11.2. The molecule has 0 aliphatic rings. The summed E-state index contributed by atoms with van der Waals surface area (Å²) in [6.45, 7) is 4.36. The number of carboxylic acid groups (broad SMARTS) is 1. The molecule has 6 heteroatoms. The summed E-state index contributed by atoms with van der Waals surface area (Å²) < 4.78 is 18.4. The van der Waals surface area contributed by atoms with Gasteiger partial charge in [0.2, 0.25) is 0 Å². The van der Waals surface area contributed by atoms with Crippen molar-refractivity contribution in [2.75, 3.05) is 24.8 Å². The van der Waals surface area contributed by atoms with Gasteiger partial charge in [-0.15, -0.1) is 0 Å². The summed E-state index contributed by atoms with van der Waals surface area (Å²) in [7, 11) is 1.56. The molecule has 0 amide bonds. The van der Waals surface area contributed by atoms with Gasteiger partial charge in [-0.3, -0.25) is 0 Å². The Hall–Kier alpha value is -1.82. The lowest BCUT2D eigenvalue weighted by Crippen LogP contribution is -2.31. The number of carbonyl (C=O) groups is 1. The Morgan fingerprint density at radius 3 is 2.63 bits per heavy atom. The lowest BCUT2D eigenvalue weighted by Gasteiger charge is -2.24. The van der Waals surface area contributed by atoms with Crippen LogP contribution in [0.3, 0.4) is 0 Å². The molecule has 0 aliphatic carbocycles. The average molecular weight is 270 g/mol. The molecule has 1 aromatic carbocycles. The van der Waals surface area contributed by atoms with Crippen LogP contribution in [-0.4, -0.2) is 30.8 Å². The van der Waals surface area contributed by atoms with Crippen LogP contribution in [0, 0.1) is 11.7 Å². The Kier molecular flexibility index (Phi) is 5.11. The first-order chi connectivity index (χ1) is 8.88. The van der Waals surface area contributed by atoms with Crippen molar-refractivity contribution in [1.29, 1.82) is 0 Å². The summed E-state index contributed by atoms with van der Waals surface area (Å²) in [6.07, 6.45) is 0. The Balaban J connectivity index is 3.13. The Morgan fingerprint density at radius 2 is 2.16 bits per heavy atom. The fourth-order valence-electron chi connectivity index (χ4n) is 1.72. The molecule has 19 heavy (non-hydrogen) atoms. The van der Waals surface area contributed by atoms with E-state index in [2.05, 4.69) is 5.32 Å². The van der Waals surface area contributed by atoms with Crippen LogP contribution in [0.25, 0.3) is 0 Å². The summed E-state index contributed by atoms with van der Waals surface area (Å²) in [5, 5.41) is 12.2. The van der Waals surface area contributed by atoms with Crippen LogP contribution in [-0.2, 0) is 4.74 Å². The van der Waals surface area contributed by atoms with E-state index >= 15 is 0 Å². The van der Waals surface area contributed by atoms with E-state index in [-0.39, 0.29) is 23.2 Å². The van der Waals surface area contributed by atoms with Crippen molar-refractivity contribution >= 4 is 17.3 Å². The fourth-order valence-corrected chi connectivity index (χ4v) is 1.72. The van der Waals surface area contributed by atoms with Gasteiger partial charge < -0.3 is 20.9 Å². The van der Waals surface area contributed by atoms with Crippen LogP contribution in [0.5, 0.6) is 0 Å². The minimum absolute atomic E-state index is 0.0899. The molecule has 4 N–H and O–H groups in total. The number of hydrogen-bond acceptors (Lipinski definition) is 4. The first kappa shape index (κ1) is 15.2. The van der Waals surface area contributed by atoms with Gasteiger partial charge in [-0.1, -0.05) is 13.8 Å². The van der Waals surface area contributed by atoms with Crippen molar-refractivity contribution < 1.29 is 19.0 Å². The van der Waals surface area contributed by atoms with E-state index < -0.39 is 11.8 Å². The predicted molar refractivity (Wildman–Crippen MR) is 71.9 cm³/mol. The third kappa shape index (κ3) is 3.57. The second-order valence-electron chi connectivity index (χ2n) is 4.64. The molecule has 1 aromatic rings. The van der Waals surface area contributed by atoms with Crippen molar-refractivity contribution in [1.82, 2.24) is 0 Å². The normalized spacial score (nSPS) is 12.5. The second kappa shape index (κ2) is 6.38. The van der Waals surface area contributed by atoms with E-state index in [9.17, 15) is 9.18 Å². The summed E-state index contributed by atoms with van der Waals surface area (Å²) in [5.41, 5.74) is 5.16. The Labute approximate surface area is 111 Å². The lowest BCUT2D eigenvalue weighted by atomic mass is 10.0. The van der Waals surface area contributed by atoms with Crippen molar-refractivity contribution in [2.45, 2.75) is 19.9 Å². The first-order valence-corrected chi connectivity index (χ1v) is 5.95. The van der Waals surface area contributed by atoms with E-state index in [0.717, 1.165) is 6.07 Å². The maximum atomic E-state index is 13.3. The lowest BCUT2D eigenvalue weighted by molar-refractivity contribution is 0.0698. The highest BCUT2D eigenvalue weighted by molar-refractivity contribution is 6.00. The third-order valence-electron chi connectivity index (χ3n) is 2.90. The number of rotatable bonds is 6. The number of halogens is 1. The number of hydrogen-bond donors (Lipinski definition) is 3. The van der Waals surface area contributed by atoms with Crippen LogP contribution < -0.4 is 11.1 Å². The van der Waals surface area contributed by atoms with Crippen LogP contribution >= 0.6 is 0 Å². The van der Waals surface area contributed by atoms with Gasteiger partial charge in [0, 0.05) is 7.11 Å². The summed E-state index contributed by atoms with van der Waals surface area (Å²) in [5.74, 6) is -1.79. The highest BCUT2D eigenvalue weighted by atomic mass is 19.1. The molecule has 1 atom stereocenters. The number of anilines is 2. The van der Waals surface area contributed by atoms with Gasteiger partial charge in [0.05, 0.1) is 24.0 Å². The molecule has 106 valence electrons. The minimum Gasteiger partial charge on any atom is -0.478 e. The molecule has 1 rings (SSSR count). The zero-order valence-corrected chi connectivity index (χ0v) is 11.2. The summed E-state index contributed by atoms with van der Waals surface area (Å²) in [6, 6.07) is 2.43. The maximum Gasteiger partial charge on any atom is 0.340 e. The highest BCUT2D eigenvalue weighted by Gasteiger charge is 2.21. The molecule has 0 saturated heterocycles. The Bertz CT molecular complexity index is 463. The van der Waals surface area contributed by atoms with E-state index in [1.807, 2.05) is 13.8 Å². The molecule has 1 unspecified atom stereocenters. The number of nitrogens with one attached hydrogen (secondary N) is 1. The van der Waals surface area contributed by atoms with Gasteiger partial charge in [0.25, 0.3) is 0 Å². The minimum atomic E-state index is -1.26. The quantitative estimate of drug-likeness (QED) is 0.690. The van der Waals surface area contributed by atoms with E-state index in [0.29, 0.717) is 12.3 Å². The number of methoxy groups -OCH3 is 1. The number of ether oxygens (including phenoxy) is 1. The second-order valence-corrected chi connectivity index (χ2v) is 4.64. The standard InChI is InChI=1S/C13H19FN2O3/c1-7(2)10(6-19-3)16-9-5-4-8(14)12(15)11(9)13(17)18/h4-5,7,10,16H,6,15H2,1-3H3,(H,17,18). The molecule has 0 saturated carbocycles. The van der Waals surface area contributed by atoms with Gasteiger partial charge in [-0.25, -0.2) is 9.18 Å². The van der Waals surface area contributed by atoms with Crippen molar-refractivity contribution in [3.63, 3.8) is 0 Å². The molecule has 0 aliphatic heterocycles. The zero-order valence-electron chi connectivity index (χ0n) is 11.2. The monoisotopic (exact) mass is 270 g/mol. The molecule has 0 radical (unpaired) electrons. The van der Waals surface area contributed by atoms with Gasteiger partial charge in [0.15, 0.2) is 0 Å². The molecule has 0 bridgehead atoms. The van der Waals surface area contributed by atoms with Crippen LogP contribution in [0.1, 0.15) is 24.2 Å². The molecular formula is C13H19FN2O3. The van der Waals surface area contributed by atoms with Gasteiger partial charge in [-0.2, -0.15) is 0 Å². The largest absolute Gasteiger partial charge is 0.478 e. The molecule has 0 aromatic heterocycles. The van der Waals surface area contributed by atoms with Crippen LogP contribution in [0.4, 0.5) is 15.8 Å².